The number of halogens is 3. The predicted octanol–water partition coefficient (Wildman–Crippen LogP) is 3.49. The van der Waals surface area contributed by atoms with E-state index in [0.29, 0.717) is 55.4 Å². The molecule has 3 aliphatic heterocycles. The van der Waals surface area contributed by atoms with Crippen molar-refractivity contribution in [1.29, 1.82) is 0 Å². The maximum atomic E-state index is 14.3. The van der Waals surface area contributed by atoms with Crippen LogP contribution in [0.2, 0.25) is 0 Å². The zero-order valence-electron chi connectivity index (χ0n) is 23.6. The van der Waals surface area contributed by atoms with Crippen LogP contribution in [-0.4, -0.2) is 75.8 Å². The summed E-state index contributed by atoms with van der Waals surface area (Å²) >= 11 is 0. The van der Waals surface area contributed by atoms with E-state index >= 15 is 0 Å². The van der Waals surface area contributed by atoms with Crippen LogP contribution in [0.15, 0.2) is 18.2 Å². The minimum atomic E-state index is -4.52. The zero-order valence-corrected chi connectivity index (χ0v) is 23.6. The Bertz CT molecular complexity index is 1400. The highest BCUT2D eigenvalue weighted by molar-refractivity contribution is 5.91. The second-order valence-corrected chi connectivity index (χ2v) is 12.2. The number of nitrogens with zero attached hydrogens (tertiary/aromatic N) is 5. The first kappa shape index (κ1) is 27.7. The number of likely N-dealkylation sites (tertiary alicyclic amines) is 2. The van der Waals surface area contributed by atoms with Crippen LogP contribution in [0.3, 0.4) is 0 Å². The van der Waals surface area contributed by atoms with E-state index in [-0.39, 0.29) is 36.0 Å². The largest absolute Gasteiger partial charge is 0.416 e. The lowest BCUT2D eigenvalue weighted by molar-refractivity contribution is -0.142. The second kappa shape index (κ2) is 9.85. The van der Waals surface area contributed by atoms with Crippen LogP contribution in [0.25, 0.3) is 0 Å². The fourth-order valence-corrected chi connectivity index (χ4v) is 6.71. The molecule has 1 unspecified atom stereocenters. The second-order valence-electron chi connectivity index (χ2n) is 12.2. The summed E-state index contributed by atoms with van der Waals surface area (Å²) in [6, 6.07) is 2.89. The van der Waals surface area contributed by atoms with Gasteiger partial charge in [-0.25, -0.2) is 9.97 Å². The van der Waals surface area contributed by atoms with Gasteiger partial charge >= 0.3 is 6.18 Å². The van der Waals surface area contributed by atoms with Gasteiger partial charge in [-0.2, -0.15) is 13.2 Å². The van der Waals surface area contributed by atoms with Gasteiger partial charge in [-0.15, -0.1) is 0 Å². The third-order valence-corrected chi connectivity index (χ3v) is 9.03. The lowest BCUT2D eigenvalue weighted by Crippen LogP contribution is -2.56. The molecule has 1 aromatic heterocycles. The van der Waals surface area contributed by atoms with Gasteiger partial charge in [-0.3, -0.25) is 9.59 Å². The first-order valence-corrected chi connectivity index (χ1v) is 14.3. The van der Waals surface area contributed by atoms with E-state index in [1.165, 1.54) is 6.07 Å². The molecule has 3 fully saturated rings. The number of nitrogens with one attached hydrogen (secondary N) is 1. The highest BCUT2D eigenvalue weighted by Gasteiger charge is 2.55. The number of aryl methyl sites for hydroxylation is 1. The first-order valence-electron chi connectivity index (χ1n) is 14.3. The van der Waals surface area contributed by atoms with E-state index in [1.54, 1.807) is 13.8 Å². The molecule has 4 aliphatic rings. The zero-order chi connectivity index (χ0) is 29.3. The molecule has 0 bridgehead atoms. The minimum Gasteiger partial charge on any atom is -0.399 e. The molecule has 1 aromatic carbocycles. The fraction of sp³-hybridized carbons (Fsp3) is 0.586. The van der Waals surface area contributed by atoms with Crippen molar-refractivity contribution in [3.05, 3.63) is 46.4 Å². The molecule has 1 saturated carbocycles. The lowest BCUT2D eigenvalue weighted by Gasteiger charge is -2.43. The molecular weight excluding hydrogens is 535 g/mol. The summed E-state index contributed by atoms with van der Waals surface area (Å²) in [7, 11) is 1.99. The van der Waals surface area contributed by atoms with Crippen molar-refractivity contribution < 1.29 is 22.8 Å². The number of hydrogen-bond donors (Lipinski definition) is 2. The van der Waals surface area contributed by atoms with Gasteiger partial charge in [-0.05, 0) is 76.9 Å². The molecule has 12 heteroatoms. The Morgan fingerprint density at radius 2 is 1.93 bits per heavy atom. The summed E-state index contributed by atoms with van der Waals surface area (Å²) in [6.45, 7) is 6.20. The number of amides is 2. The van der Waals surface area contributed by atoms with Crippen molar-refractivity contribution in [3.63, 3.8) is 0 Å². The first-order chi connectivity index (χ1) is 19.4. The molecule has 6 rings (SSSR count). The van der Waals surface area contributed by atoms with Crippen LogP contribution in [0.1, 0.15) is 66.9 Å². The maximum absolute atomic E-state index is 14.3. The highest BCUT2D eigenvalue weighted by Crippen LogP contribution is 2.45. The van der Waals surface area contributed by atoms with Crippen LogP contribution >= 0.6 is 0 Å². The number of nitrogen functional groups attached to an aromatic ring is 1. The molecule has 1 aliphatic carbocycles. The average molecular weight is 572 g/mol. The summed E-state index contributed by atoms with van der Waals surface area (Å²) in [6.07, 6.45) is -1.33. The molecule has 2 amide bonds. The summed E-state index contributed by atoms with van der Waals surface area (Å²) in [5, 5.41) is 3.34. The monoisotopic (exact) mass is 571 g/mol. The number of aromatic nitrogens is 2. The Balaban J connectivity index is 1.36. The average Bonchev–Trinajstić information content (AvgIpc) is 3.51. The number of hydrogen-bond acceptors (Lipinski definition) is 7. The van der Waals surface area contributed by atoms with Gasteiger partial charge in [0.25, 0.3) is 0 Å². The molecular formula is C29H36F3N7O2. The van der Waals surface area contributed by atoms with Crippen LogP contribution in [0, 0.1) is 12.8 Å². The van der Waals surface area contributed by atoms with Gasteiger partial charge in [0.15, 0.2) is 0 Å². The number of likely N-dealkylation sites (N-methyl/N-ethyl adjacent to an activating group) is 1. The quantitative estimate of drug-likeness (QED) is 0.529. The molecule has 1 spiro atoms. The predicted molar refractivity (Wildman–Crippen MR) is 147 cm³/mol. The van der Waals surface area contributed by atoms with Gasteiger partial charge in [-0.1, -0.05) is 0 Å². The maximum Gasteiger partial charge on any atom is 0.416 e. The highest BCUT2D eigenvalue weighted by atomic mass is 19.4. The molecule has 2 aromatic rings. The van der Waals surface area contributed by atoms with Gasteiger partial charge in [0.1, 0.15) is 17.1 Å². The number of carbonyl (C=O) groups is 2. The van der Waals surface area contributed by atoms with Crippen molar-refractivity contribution in [2.45, 2.75) is 69.8 Å². The standard InChI is InChI=1S/C29H36F3N7O2/c1-16(19-10-20(29(30,31)32)12-21(33)11-19)34-25-23-14-39(22-6-8-38(13-22)26(40)18-4-5-18)27(41)28(7-9-37(3)15-28)24(23)35-17(2)36-25/h10-12,16,18,22H,4-9,13-15,33H2,1-3H3,(H,34,35,36)/t16-,22-,28?/m1/s1. The molecule has 3 atom stereocenters. The van der Waals surface area contributed by atoms with Crippen LogP contribution < -0.4 is 11.1 Å². The number of rotatable bonds is 5. The van der Waals surface area contributed by atoms with Crippen LogP contribution in [-0.2, 0) is 27.7 Å². The SMILES string of the molecule is Cc1nc(N[C@H](C)c2cc(N)cc(C(F)(F)F)c2)c2c(n1)C1(CCN(C)C1)C(=O)N([C@@H]1CCN(C(=O)C3CC3)C1)C2. The molecule has 2 saturated heterocycles. The van der Waals surface area contributed by atoms with Gasteiger partial charge in [0.05, 0.1) is 29.9 Å². The Morgan fingerprint density at radius 3 is 2.59 bits per heavy atom. The van der Waals surface area contributed by atoms with E-state index < -0.39 is 23.2 Å². The van der Waals surface area contributed by atoms with E-state index in [9.17, 15) is 22.8 Å². The Hall–Kier alpha value is -3.41. The summed E-state index contributed by atoms with van der Waals surface area (Å²) in [5.41, 5.74) is 6.08. The number of anilines is 2. The number of carbonyl (C=O) groups excluding carboxylic acids is 2. The molecule has 220 valence electrons. The minimum absolute atomic E-state index is 0.0284. The summed E-state index contributed by atoms with van der Waals surface area (Å²) in [5.74, 6) is 1.33. The number of fused-ring (bicyclic) bond motifs is 2. The van der Waals surface area contributed by atoms with Gasteiger partial charge in [0.2, 0.25) is 11.8 Å². The normalized spacial score (nSPS) is 25.6. The molecule has 9 nitrogen and oxygen atoms in total. The molecule has 0 radical (unpaired) electrons. The molecule has 41 heavy (non-hydrogen) atoms. The molecule has 3 N–H and O–H groups in total. The van der Waals surface area contributed by atoms with Gasteiger partial charge < -0.3 is 25.8 Å². The number of benzene rings is 1. The van der Waals surface area contributed by atoms with Crippen LogP contribution in [0.4, 0.5) is 24.7 Å². The van der Waals surface area contributed by atoms with Crippen molar-refractivity contribution in [2.75, 3.05) is 44.3 Å². The summed E-state index contributed by atoms with van der Waals surface area (Å²) in [4.78, 5) is 42.5. The Morgan fingerprint density at radius 1 is 1.17 bits per heavy atom. The van der Waals surface area contributed by atoms with E-state index in [0.717, 1.165) is 37.1 Å². The van der Waals surface area contributed by atoms with Crippen LogP contribution in [0.5, 0.6) is 0 Å². The topological polar surface area (TPSA) is 108 Å². The smallest absolute Gasteiger partial charge is 0.399 e. The van der Waals surface area contributed by atoms with E-state index in [1.807, 2.05) is 16.8 Å². The number of nitrogens with two attached hydrogens (primary N) is 1. The fourth-order valence-electron chi connectivity index (χ4n) is 6.71. The van der Waals surface area contributed by atoms with Crippen molar-refractivity contribution in [3.8, 4) is 0 Å². The van der Waals surface area contributed by atoms with Gasteiger partial charge in [0, 0.05) is 36.8 Å². The third kappa shape index (κ3) is 5.00. The van der Waals surface area contributed by atoms with Crippen molar-refractivity contribution in [2.24, 2.45) is 5.92 Å². The Kier molecular flexibility index (Phi) is 6.67. The Labute approximate surface area is 237 Å². The van der Waals surface area contributed by atoms with Crippen molar-refractivity contribution >= 4 is 23.3 Å². The van der Waals surface area contributed by atoms with E-state index in [4.69, 9.17) is 10.7 Å². The van der Waals surface area contributed by atoms with Crippen molar-refractivity contribution in [1.82, 2.24) is 24.7 Å². The molecule has 4 heterocycles. The lowest BCUT2D eigenvalue weighted by atomic mass is 9.76. The summed E-state index contributed by atoms with van der Waals surface area (Å²) < 4.78 is 40.5. The third-order valence-electron chi connectivity index (χ3n) is 9.03. The van der Waals surface area contributed by atoms with E-state index in [2.05, 4.69) is 15.2 Å². The number of alkyl halides is 3.